The number of nitrogens with one attached hydrogen (secondary N) is 1. The lowest BCUT2D eigenvalue weighted by atomic mass is 9.90. The van der Waals surface area contributed by atoms with Gasteiger partial charge in [0.2, 0.25) is 0 Å². The maximum absolute atomic E-state index is 12.2. The summed E-state index contributed by atoms with van der Waals surface area (Å²) in [5.41, 5.74) is 0.0536. The van der Waals surface area contributed by atoms with Crippen LogP contribution >= 0.6 is 0 Å². The van der Waals surface area contributed by atoms with Gasteiger partial charge in [0.25, 0.3) is 0 Å². The molecule has 1 fully saturated rings. The van der Waals surface area contributed by atoms with E-state index < -0.39 is 11.4 Å². The molecule has 0 aliphatic carbocycles. The Balaban J connectivity index is 2.03. The number of carboxylic acids is 1. The molecule has 0 saturated carbocycles. The van der Waals surface area contributed by atoms with Crippen LogP contribution in [0, 0.1) is 5.41 Å². The Labute approximate surface area is 117 Å². The lowest BCUT2D eigenvalue weighted by molar-refractivity contribution is -0.146. The maximum atomic E-state index is 12.2. The van der Waals surface area contributed by atoms with Gasteiger partial charge >= 0.3 is 12.0 Å². The number of aliphatic carboxylic acids is 1. The number of carbonyl (C=O) groups is 2. The molecule has 2 amide bonds. The standard InChI is InChI=1S/C13H20N4O3/c1-4-9-7-10(16(3)15-9)14-12(20)17-6-5-13(2,8-17)11(18)19/h7H,4-6,8H2,1-3H3,(H,14,20)(H,18,19). The fraction of sp³-hybridized carbons (Fsp3) is 0.615. The van der Waals surface area contributed by atoms with E-state index in [4.69, 9.17) is 5.11 Å². The average molecular weight is 280 g/mol. The topological polar surface area (TPSA) is 87.5 Å². The number of hydrogen-bond acceptors (Lipinski definition) is 3. The molecule has 7 nitrogen and oxygen atoms in total. The number of nitrogens with zero attached hydrogens (tertiary/aromatic N) is 3. The van der Waals surface area contributed by atoms with Crippen molar-refractivity contribution in [2.75, 3.05) is 18.4 Å². The van der Waals surface area contributed by atoms with Crippen molar-refractivity contribution >= 4 is 17.8 Å². The van der Waals surface area contributed by atoms with Crippen molar-refractivity contribution in [1.29, 1.82) is 0 Å². The van der Waals surface area contributed by atoms with Gasteiger partial charge in [0.15, 0.2) is 0 Å². The van der Waals surface area contributed by atoms with Crippen LogP contribution in [0.15, 0.2) is 6.07 Å². The van der Waals surface area contributed by atoms with Crippen molar-refractivity contribution in [3.63, 3.8) is 0 Å². The molecule has 1 aromatic heterocycles. The van der Waals surface area contributed by atoms with Crippen molar-refractivity contribution < 1.29 is 14.7 Å². The third-order valence-corrected chi connectivity index (χ3v) is 3.80. The van der Waals surface area contributed by atoms with Crippen LogP contribution in [0.1, 0.15) is 26.0 Å². The first-order valence-electron chi connectivity index (χ1n) is 6.68. The third-order valence-electron chi connectivity index (χ3n) is 3.80. The van der Waals surface area contributed by atoms with E-state index in [9.17, 15) is 9.59 Å². The van der Waals surface area contributed by atoms with E-state index in [1.807, 2.05) is 13.0 Å². The molecule has 2 rings (SSSR count). The summed E-state index contributed by atoms with van der Waals surface area (Å²) in [6.07, 6.45) is 1.27. The normalized spacial score (nSPS) is 22.1. The highest BCUT2D eigenvalue weighted by atomic mass is 16.4. The monoisotopic (exact) mass is 280 g/mol. The van der Waals surface area contributed by atoms with Crippen LogP contribution in [0.4, 0.5) is 10.6 Å². The zero-order valence-electron chi connectivity index (χ0n) is 12.0. The summed E-state index contributed by atoms with van der Waals surface area (Å²) >= 11 is 0. The molecule has 0 spiro atoms. The quantitative estimate of drug-likeness (QED) is 0.874. The fourth-order valence-electron chi connectivity index (χ4n) is 2.31. The minimum absolute atomic E-state index is 0.229. The van der Waals surface area contributed by atoms with Crippen molar-refractivity contribution in [2.45, 2.75) is 26.7 Å². The van der Waals surface area contributed by atoms with Gasteiger partial charge in [0.1, 0.15) is 5.82 Å². The van der Waals surface area contributed by atoms with Crippen molar-refractivity contribution in [3.8, 4) is 0 Å². The summed E-state index contributed by atoms with van der Waals surface area (Å²) in [5, 5.41) is 16.2. The maximum Gasteiger partial charge on any atom is 0.323 e. The smallest absolute Gasteiger partial charge is 0.323 e. The van der Waals surface area contributed by atoms with E-state index in [2.05, 4.69) is 10.4 Å². The molecular weight excluding hydrogens is 260 g/mol. The van der Waals surface area contributed by atoms with E-state index in [1.54, 1.807) is 18.7 Å². The zero-order chi connectivity index (χ0) is 14.9. The Morgan fingerprint density at radius 2 is 2.25 bits per heavy atom. The fourth-order valence-corrected chi connectivity index (χ4v) is 2.31. The van der Waals surface area contributed by atoms with Crippen molar-refractivity contribution in [1.82, 2.24) is 14.7 Å². The molecule has 0 aromatic carbocycles. The minimum Gasteiger partial charge on any atom is -0.481 e. The molecule has 0 radical (unpaired) electrons. The van der Waals surface area contributed by atoms with Gasteiger partial charge in [-0.25, -0.2) is 4.79 Å². The van der Waals surface area contributed by atoms with Gasteiger partial charge in [-0.2, -0.15) is 5.10 Å². The van der Waals surface area contributed by atoms with Crippen LogP contribution in [-0.2, 0) is 18.3 Å². The van der Waals surface area contributed by atoms with Crippen LogP contribution < -0.4 is 5.32 Å². The zero-order valence-corrected chi connectivity index (χ0v) is 12.0. The SMILES string of the molecule is CCc1cc(NC(=O)N2CCC(C)(C(=O)O)C2)n(C)n1. The first kappa shape index (κ1) is 14.4. The highest BCUT2D eigenvalue weighted by Crippen LogP contribution is 2.30. The summed E-state index contributed by atoms with van der Waals surface area (Å²) in [7, 11) is 1.76. The number of amides is 2. The number of carboxylic acid groups (broad SMARTS) is 1. The van der Waals surface area contributed by atoms with Crippen LogP contribution in [0.3, 0.4) is 0 Å². The van der Waals surface area contributed by atoms with Gasteiger partial charge in [-0.3, -0.25) is 14.8 Å². The number of anilines is 1. The lowest BCUT2D eigenvalue weighted by Gasteiger charge is -2.20. The van der Waals surface area contributed by atoms with Gasteiger partial charge in [0.05, 0.1) is 11.1 Å². The van der Waals surface area contributed by atoms with E-state index in [0.717, 1.165) is 12.1 Å². The van der Waals surface area contributed by atoms with Crippen molar-refractivity contribution in [3.05, 3.63) is 11.8 Å². The molecule has 7 heteroatoms. The van der Waals surface area contributed by atoms with E-state index >= 15 is 0 Å². The number of aryl methyl sites for hydroxylation is 2. The number of rotatable bonds is 3. The highest BCUT2D eigenvalue weighted by molar-refractivity contribution is 5.89. The number of carbonyl (C=O) groups excluding carboxylic acids is 1. The van der Waals surface area contributed by atoms with E-state index in [-0.39, 0.29) is 12.6 Å². The molecule has 2 heterocycles. The second-order valence-electron chi connectivity index (χ2n) is 5.47. The highest BCUT2D eigenvalue weighted by Gasteiger charge is 2.42. The van der Waals surface area contributed by atoms with Crippen LogP contribution in [0.25, 0.3) is 0 Å². The van der Waals surface area contributed by atoms with Gasteiger partial charge in [-0.15, -0.1) is 0 Å². The summed E-state index contributed by atoms with van der Waals surface area (Å²) in [5.74, 6) is -0.239. The van der Waals surface area contributed by atoms with Crippen LogP contribution in [0.5, 0.6) is 0 Å². The first-order chi connectivity index (χ1) is 9.35. The minimum atomic E-state index is -0.860. The predicted molar refractivity (Wildman–Crippen MR) is 73.5 cm³/mol. The largest absolute Gasteiger partial charge is 0.481 e. The van der Waals surface area contributed by atoms with Gasteiger partial charge in [0, 0.05) is 26.2 Å². The van der Waals surface area contributed by atoms with E-state index in [1.165, 1.54) is 4.90 Å². The Hall–Kier alpha value is -2.05. The molecule has 2 N–H and O–H groups in total. The van der Waals surface area contributed by atoms with Crippen molar-refractivity contribution in [2.24, 2.45) is 12.5 Å². The molecule has 20 heavy (non-hydrogen) atoms. The van der Waals surface area contributed by atoms with Crippen LogP contribution in [-0.4, -0.2) is 44.9 Å². The Morgan fingerprint density at radius 1 is 1.55 bits per heavy atom. The molecule has 1 unspecified atom stereocenters. The molecule has 1 aromatic rings. The molecule has 0 bridgehead atoms. The third kappa shape index (κ3) is 2.61. The first-order valence-corrected chi connectivity index (χ1v) is 6.68. The Morgan fingerprint density at radius 3 is 2.75 bits per heavy atom. The molecule has 1 saturated heterocycles. The number of likely N-dealkylation sites (tertiary alicyclic amines) is 1. The summed E-state index contributed by atoms with van der Waals surface area (Å²) in [6, 6.07) is 1.55. The Kier molecular flexibility index (Phi) is 3.69. The number of aromatic nitrogens is 2. The molecule has 1 atom stereocenters. The van der Waals surface area contributed by atoms with E-state index in [0.29, 0.717) is 18.8 Å². The number of hydrogen-bond donors (Lipinski definition) is 2. The van der Waals surface area contributed by atoms with Gasteiger partial charge in [-0.1, -0.05) is 6.92 Å². The summed E-state index contributed by atoms with van der Waals surface area (Å²) in [6.45, 7) is 4.34. The second-order valence-corrected chi connectivity index (χ2v) is 5.47. The molecular formula is C13H20N4O3. The summed E-state index contributed by atoms with van der Waals surface area (Å²) < 4.78 is 1.61. The molecule has 1 aliphatic rings. The molecule has 110 valence electrons. The second kappa shape index (κ2) is 5.15. The molecule has 1 aliphatic heterocycles. The average Bonchev–Trinajstić information content (AvgIpc) is 2.95. The van der Waals surface area contributed by atoms with Crippen LogP contribution in [0.2, 0.25) is 0 Å². The number of urea groups is 1. The summed E-state index contributed by atoms with van der Waals surface area (Å²) in [4.78, 5) is 24.9. The predicted octanol–water partition coefficient (Wildman–Crippen LogP) is 1.31. The van der Waals surface area contributed by atoms with Gasteiger partial charge < -0.3 is 10.0 Å². The van der Waals surface area contributed by atoms with Gasteiger partial charge in [-0.05, 0) is 19.8 Å². The Bertz CT molecular complexity index is 540. The lowest BCUT2D eigenvalue weighted by Crippen LogP contribution is -2.37.